The maximum Gasteiger partial charge on any atom is 0.252 e. The van der Waals surface area contributed by atoms with Gasteiger partial charge in [-0.2, -0.15) is 0 Å². The number of hydrogen-bond acceptors (Lipinski definition) is 2. The Labute approximate surface area is 101 Å². The zero-order valence-corrected chi connectivity index (χ0v) is 10.2. The number of carbonyl (C=O) groups is 1. The summed E-state index contributed by atoms with van der Waals surface area (Å²) in [5.74, 6) is 0.537. The average Bonchev–Trinajstić information content (AvgIpc) is 2.29. The molecule has 0 saturated carbocycles. The first-order valence-corrected chi connectivity index (χ1v) is 6.03. The Kier molecular flexibility index (Phi) is 3.62. The Morgan fingerprint density at radius 2 is 2.31 bits per heavy atom. The molecule has 1 aromatic carbocycles. The van der Waals surface area contributed by atoms with Crippen LogP contribution in [-0.2, 0) is 0 Å². The summed E-state index contributed by atoms with van der Waals surface area (Å²) in [7, 11) is 2.14. The van der Waals surface area contributed by atoms with Crippen LogP contribution in [0.1, 0.15) is 34.7 Å². The number of nitrogens with zero attached hydrogens (tertiary/aromatic N) is 1. The van der Waals surface area contributed by atoms with Crippen molar-refractivity contribution in [3.63, 3.8) is 0 Å². The topological polar surface area (TPSA) is 20.3 Å². The molecule has 0 N–H and O–H groups in total. The quantitative estimate of drug-likeness (QED) is 0.738. The number of rotatable bonds is 2. The third-order valence-electron chi connectivity index (χ3n) is 3.21. The van der Waals surface area contributed by atoms with Gasteiger partial charge in [0.2, 0.25) is 0 Å². The Bertz CT molecular complexity index is 391. The molecule has 3 heteroatoms. The molecule has 1 aliphatic heterocycles. The van der Waals surface area contributed by atoms with Crippen molar-refractivity contribution in [2.75, 3.05) is 20.1 Å². The molecule has 0 amide bonds. The van der Waals surface area contributed by atoms with Crippen LogP contribution < -0.4 is 0 Å². The van der Waals surface area contributed by atoms with Gasteiger partial charge in [0.25, 0.3) is 5.24 Å². The second-order valence-corrected chi connectivity index (χ2v) is 4.84. The first-order valence-electron chi connectivity index (χ1n) is 5.65. The molecule has 0 spiro atoms. The van der Waals surface area contributed by atoms with E-state index in [1.54, 1.807) is 6.07 Å². The first-order chi connectivity index (χ1) is 7.66. The monoisotopic (exact) mass is 237 g/mol. The van der Waals surface area contributed by atoms with Crippen molar-refractivity contribution in [3.05, 3.63) is 35.4 Å². The Morgan fingerprint density at radius 1 is 1.50 bits per heavy atom. The standard InChI is InChI=1S/C13H16ClNO/c1-15-7-3-6-12(9-15)10-4-2-5-11(8-10)13(14)16/h2,4-5,8,12H,3,6-7,9H2,1H3/t12-/m0/s1. The van der Waals surface area contributed by atoms with E-state index in [-0.39, 0.29) is 5.24 Å². The molecular formula is C13H16ClNO. The lowest BCUT2D eigenvalue weighted by molar-refractivity contribution is 0.108. The van der Waals surface area contributed by atoms with Gasteiger partial charge in [-0.05, 0) is 55.6 Å². The third kappa shape index (κ3) is 2.63. The van der Waals surface area contributed by atoms with E-state index in [2.05, 4.69) is 18.0 Å². The summed E-state index contributed by atoms with van der Waals surface area (Å²) in [4.78, 5) is 13.4. The molecule has 1 aliphatic rings. The van der Waals surface area contributed by atoms with Crippen LogP contribution >= 0.6 is 11.6 Å². The van der Waals surface area contributed by atoms with Gasteiger partial charge in [-0.25, -0.2) is 0 Å². The number of halogens is 1. The van der Waals surface area contributed by atoms with Gasteiger partial charge in [0, 0.05) is 12.1 Å². The number of carbonyl (C=O) groups excluding carboxylic acids is 1. The van der Waals surface area contributed by atoms with E-state index in [0.29, 0.717) is 11.5 Å². The van der Waals surface area contributed by atoms with Gasteiger partial charge in [0.15, 0.2) is 0 Å². The van der Waals surface area contributed by atoms with Gasteiger partial charge in [-0.15, -0.1) is 0 Å². The average molecular weight is 238 g/mol. The predicted molar refractivity (Wildman–Crippen MR) is 66.1 cm³/mol. The van der Waals surface area contributed by atoms with Crippen LogP contribution in [0.15, 0.2) is 24.3 Å². The number of benzene rings is 1. The highest BCUT2D eigenvalue weighted by Gasteiger charge is 2.19. The molecule has 1 heterocycles. The lowest BCUT2D eigenvalue weighted by Crippen LogP contribution is -2.30. The highest BCUT2D eigenvalue weighted by Crippen LogP contribution is 2.26. The smallest absolute Gasteiger partial charge is 0.252 e. The predicted octanol–water partition coefficient (Wildman–Crippen LogP) is 2.87. The van der Waals surface area contributed by atoms with Crippen molar-refractivity contribution in [1.29, 1.82) is 0 Å². The van der Waals surface area contributed by atoms with Crippen LogP contribution in [-0.4, -0.2) is 30.3 Å². The Morgan fingerprint density at radius 3 is 3.00 bits per heavy atom. The summed E-state index contributed by atoms with van der Waals surface area (Å²) in [5.41, 5.74) is 1.84. The molecule has 0 aliphatic carbocycles. The third-order valence-corrected chi connectivity index (χ3v) is 3.43. The van der Waals surface area contributed by atoms with E-state index in [4.69, 9.17) is 11.6 Å². The van der Waals surface area contributed by atoms with Crippen LogP contribution in [0.4, 0.5) is 0 Å². The highest BCUT2D eigenvalue weighted by atomic mass is 35.5. The van der Waals surface area contributed by atoms with Crippen molar-refractivity contribution >= 4 is 16.8 Å². The fraction of sp³-hybridized carbons (Fsp3) is 0.462. The molecule has 1 atom stereocenters. The van der Waals surface area contributed by atoms with Crippen molar-refractivity contribution in [2.45, 2.75) is 18.8 Å². The maximum absolute atomic E-state index is 11.1. The Balaban J connectivity index is 2.19. The summed E-state index contributed by atoms with van der Waals surface area (Å²) in [6.45, 7) is 2.24. The molecule has 0 aromatic heterocycles. The van der Waals surface area contributed by atoms with Gasteiger partial charge in [-0.1, -0.05) is 18.2 Å². The fourth-order valence-electron chi connectivity index (χ4n) is 2.35. The first kappa shape index (κ1) is 11.6. The minimum absolute atomic E-state index is 0.369. The van der Waals surface area contributed by atoms with E-state index >= 15 is 0 Å². The van der Waals surface area contributed by atoms with Crippen molar-refractivity contribution in [1.82, 2.24) is 4.90 Å². The molecule has 2 nitrogen and oxygen atoms in total. The summed E-state index contributed by atoms with van der Waals surface area (Å²) in [6, 6.07) is 7.71. The highest BCUT2D eigenvalue weighted by molar-refractivity contribution is 6.67. The van der Waals surface area contributed by atoms with Crippen LogP contribution in [0.25, 0.3) is 0 Å². The fourth-order valence-corrected chi connectivity index (χ4v) is 2.47. The molecule has 0 radical (unpaired) electrons. The van der Waals surface area contributed by atoms with Gasteiger partial charge in [0.05, 0.1) is 0 Å². The van der Waals surface area contributed by atoms with Crippen molar-refractivity contribution < 1.29 is 4.79 Å². The summed E-state index contributed by atoms with van der Waals surface area (Å²) in [6.07, 6.45) is 2.42. The molecule has 16 heavy (non-hydrogen) atoms. The number of likely N-dealkylation sites (tertiary alicyclic amines) is 1. The summed E-state index contributed by atoms with van der Waals surface area (Å²) in [5, 5.41) is -0.369. The van der Waals surface area contributed by atoms with Gasteiger partial charge < -0.3 is 4.90 Å². The van der Waals surface area contributed by atoms with Gasteiger partial charge in [-0.3, -0.25) is 4.79 Å². The largest absolute Gasteiger partial charge is 0.306 e. The van der Waals surface area contributed by atoms with E-state index < -0.39 is 0 Å². The molecule has 2 rings (SSSR count). The van der Waals surface area contributed by atoms with Crippen LogP contribution in [0.5, 0.6) is 0 Å². The van der Waals surface area contributed by atoms with Gasteiger partial charge >= 0.3 is 0 Å². The summed E-state index contributed by atoms with van der Waals surface area (Å²) < 4.78 is 0. The van der Waals surface area contributed by atoms with Crippen molar-refractivity contribution in [2.24, 2.45) is 0 Å². The van der Waals surface area contributed by atoms with E-state index in [0.717, 1.165) is 6.54 Å². The molecule has 0 bridgehead atoms. The second-order valence-electron chi connectivity index (χ2n) is 4.50. The second kappa shape index (κ2) is 4.98. The van der Waals surface area contributed by atoms with Crippen LogP contribution in [0.3, 0.4) is 0 Å². The molecular weight excluding hydrogens is 222 g/mol. The molecule has 1 saturated heterocycles. The maximum atomic E-state index is 11.1. The number of hydrogen-bond donors (Lipinski definition) is 0. The molecule has 1 fully saturated rings. The van der Waals surface area contributed by atoms with Crippen molar-refractivity contribution in [3.8, 4) is 0 Å². The van der Waals surface area contributed by atoms with Crippen LogP contribution in [0.2, 0.25) is 0 Å². The number of piperidine rings is 1. The molecule has 1 aromatic rings. The zero-order valence-electron chi connectivity index (χ0n) is 9.45. The SMILES string of the molecule is CN1CCC[C@H](c2cccc(C(=O)Cl)c2)C1. The number of likely N-dealkylation sites (N-methyl/N-ethyl adjacent to an activating group) is 1. The van der Waals surface area contributed by atoms with E-state index in [1.807, 2.05) is 12.1 Å². The minimum Gasteiger partial charge on any atom is -0.306 e. The molecule has 0 unspecified atom stereocenters. The van der Waals surface area contributed by atoms with Gasteiger partial charge in [0.1, 0.15) is 0 Å². The lowest BCUT2D eigenvalue weighted by atomic mass is 9.90. The lowest BCUT2D eigenvalue weighted by Gasteiger charge is -2.30. The minimum atomic E-state index is -0.369. The van der Waals surface area contributed by atoms with Crippen LogP contribution in [0, 0.1) is 0 Å². The molecule has 86 valence electrons. The Hall–Kier alpha value is -0.860. The normalized spacial score (nSPS) is 22.0. The zero-order chi connectivity index (χ0) is 11.5. The van der Waals surface area contributed by atoms with E-state index in [9.17, 15) is 4.79 Å². The van der Waals surface area contributed by atoms with E-state index in [1.165, 1.54) is 24.9 Å². The summed E-state index contributed by atoms with van der Waals surface area (Å²) >= 11 is 5.49.